The first-order valence-corrected chi connectivity index (χ1v) is 18.7. The molecule has 234 valence electrons. The van der Waals surface area contributed by atoms with Gasteiger partial charge in [0.15, 0.2) is 0 Å². The van der Waals surface area contributed by atoms with Crippen LogP contribution in [0.1, 0.15) is 51.0 Å². The lowest BCUT2D eigenvalue weighted by molar-refractivity contribution is -0.143. The lowest BCUT2D eigenvalue weighted by Crippen LogP contribution is -2.54. The molecule has 0 aliphatic carbocycles. The van der Waals surface area contributed by atoms with Gasteiger partial charge in [0, 0.05) is 46.0 Å². The number of benzene rings is 1. The van der Waals surface area contributed by atoms with E-state index in [4.69, 9.17) is 11.6 Å². The number of piperidine rings is 1. The number of hydrogen-bond donors (Lipinski definition) is 2. The number of hydrogen-bond acceptors (Lipinski definition) is 6. The van der Waals surface area contributed by atoms with Crippen molar-refractivity contribution in [3.8, 4) is 9.75 Å². The number of para-hydroxylation sites is 1. The Morgan fingerprint density at radius 2 is 1.84 bits per heavy atom. The van der Waals surface area contributed by atoms with Crippen molar-refractivity contribution < 1.29 is 18.0 Å². The predicted molar refractivity (Wildman–Crippen MR) is 178 cm³/mol. The fourth-order valence-electron chi connectivity index (χ4n) is 6.48. The van der Waals surface area contributed by atoms with E-state index in [-0.39, 0.29) is 28.6 Å². The van der Waals surface area contributed by atoms with E-state index in [9.17, 15) is 18.0 Å². The van der Waals surface area contributed by atoms with Gasteiger partial charge in [-0.15, -0.1) is 22.7 Å². The highest BCUT2D eigenvalue weighted by Crippen LogP contribution is 2.37. The molecule has 1 aromatic carbocycles. The second-order valence-electron chi connectivity index (χ2n) is 11.9. The van der Waals surface area contributed by atoms with Crippen molar-refractivity contribution in [2.24, 2.45) is 5.92 Å². The third-order valence-corrected chi connectivity index (χ3v) is 13.2. The molecular weight excluding hydrogens is 636 g/mol. The molecule has 2 N–H and O–H groups in total. The first-order chi connectivity index (χ1) is 21.2. The summed E-state index contributed by atoms with van der Waals surface area (Å²) in [6.07, 6.45) is 8.03. The molecule has 3 aromatic heterocycles. The number of thiophene rings is 2. The van der Waals surface area contributed by atoms with Gasteiger partial charge < -0.3 is 14.8 Å². The topological polar surface area (TPSA) is 103 Å². The SMILES string of the molecule is CC(CCc1c[nH]c2ccccc12)C[C@@H]1CCCN1C(=O)CN1CCC[C@H](NS(=O)(=O)c2ccc(-c3ccc(Cl)s3)s2)C1=O. The van der Waals surface area contributed by atoms with Crippen LogP contribution in [0.3, 0.4) is 0 Å². The zero-order chi connectivity index (χ0) is 30.8. The number of likely N-dealkylation sites (tertiary alicyclic amines) is 2. The van der Waals surface area contributed by atoms with Crippen LogP contribution in [0.25, 0.3) is 20.7 Å². The summed E-state index contributed by atoms with van der Waals surface area (Å²) in [6, 6.07) is 14.6. The zero-order valence-electron chi connectivity index (χ0n) is 24.6. The van der Waals surface area contributed by atoms with E-state index in [2.05, 4.69) is 41.0 Å². The molecule has 2 amide bonds. The summed E-state index contributed by atoms with van der Waals surface area (Å²) in [6.45, 7) is 3.39. The van der Waals surface area contributed by atoms with Crippen LogP contribution in [-0.4, -0.2) is 66.7 Å². The number of carbonyl (C=O) groups is 2. The van der Waals surface area contributed by atoms with Gasteiger partial charge in [0.1, 0.15) is 10.3 Å². The fourth-order valence-corrected chi connectivity index (χ4v) is 10.2. The molecule has 2 aliphatic rings. The lowest BCUT2D eigenvalue weighted by atomic mass is 9.93. The summed E-state index contributed by atoms with van der Waals surface area (Å²) in [5.41, 5.74) is 2.48. The average Bonchev–Trinajstić information content (AvgIpc) is 3.81. The maximum absolute atomic E-state index is 13.5. The van der Waals surface area contributed by atoms with Gasteiger partial charge >= 0.3 is 0 Å². The van der Waals surface area contributed by atoms with Crippen LogP contribution < -0.4 is 4.72 Å². The standard InChI is InChI=1S/C32H37ClN4O4S3/c1-21(10-11-22-19-34-25-8-3-2-7-24(22)25)18-23-6-4-17-37(23)30(38)20-36-16-5-9-26(32(36)39)35-44(40,41)31-15-13-28(43-31)27-12-14-29(33)42-27/h2-3,7-8,12-15,19,21,23,26,34-35H,4-6,9-11,16-18,20H2,1H3/t21?,23-,26-/m0/s1. The average molecular weight is 673 g/mol. The highest BCUT2D eigenvalue weighted by molar-refractivity contribution is 7.91. The van der Waals surface area contributed by atoms with Crippen LogP contribution in [0.2, 0.25) is 4.34 Å². The minimum Gasteiger partial charge on any atom is -0.361 e. The minimum absolute atomic E-state index is 0.0143. The predicted octanol–water partition coefficient (Wildman–Crippen LogP) is 6.53. The number of aromatic amines is 1. The highest BCUT2D eigenvalue weighted by Gasteiger charge is 2.36. The molecule has 0 bridgehead atoms. The second-order valence-corrected chi connectivity index (χ2v) is 16.7. The molecule has 44 heavy (non-hydrogen) atoms. The quantitative estimate of drug-likeness (QED) is 0.189. The largest absolute Gasteiger partial charge is 0.361 e. The van der Waals surface area contributed by atoms with E-state index >= 15 is 0 Å². The number of nitrogens with one attached hydrogen (secondary N) is 2. The number of aromatic nitrogens is 1. The van der Waals surface area contributed by atoms with Gasteiger partial charge in [-0.25, -0.2) is 8.42 Å². The van der Waals surface area contributed by atoms with Gasteiger partial charge in [-0.1, -0.05) is 36.7 Å². The molecular formula is C32H37ClN4O4S3. The number of rotatable bonds is 11. The number of carbonyl (C=O) groups excluding carboxylic acids is 2. The Hall–Kier alpha value is -2.70. The van der Waals surface area contributed by atoms with Crippen molar-refractivity contribution in [1.29, 1.82) is 0 Å². The van der Waals surface area contributed by atoms with Crippen LogP contribution in [0, 0.1) is 5.92 Å². The van der Waals surface area contributed by atoms with Crippen molar-refractivity contribution in [3.63, 3.8) is 0 Å². The molecule has 2 aliphatic heterocycles. The van der Waals surface area contributed by atoms with E-state index in [0.29, 0.717) is 36.2 Å². The van der Waals surface area contributed by atoms with E-state index < -0.39 is 16.1 Å². The van der Waals surface area contributed by atoms with Gasteiger partial charge in [-0.2, -0.15) is 4.72 Å². The van der Waals surface area contributed by atoms with Crippen molar-refractivity contribution in [3.05, 3.63) is 64.6 Å². The lowest BCUT2D eigenvalue weighted by Gasteiger charge is -2.34. The first kappa shape index (κ1) is 31.3. The summed E-state index contributed by atoms with van der Waals surface area (Å²) >= 11 is 8.57. The van der Waals surface area contributed by atoms with Crippen LogP contribution in [0.4, 0.5) is 0 Å². The summed E-state index contributed by atoms with van der Waals surface area (Å²) < 4.78 is 29.8. The van der Waals surface area contributed by atoms with Crippen LogP contribution >= 0.6 is 34.3 Å². The van der Waals surface area contributed by atoms with Crippen molar-refractivity contribution in [2.75, 3.05) is 19.6 Å². The van der Waals surface area contributed by atoms with Crippen LogP contribution in [0.15, 0.2) is 58.9 Å². The minimum atomic E-state index is -3.90. The molecule has 2 saturated heterocycles. The summed E-state index contributed by atoms with van der Waals surface area (Å²) in [5, 5.41) is 1.27. The van der Waals surface area contributed by atoms with Gasteiger partial charge in [-0.05, 0) is 86.8 Å². The molecule has 2 fully saturated rings. The summed E-state index contributed by atoms with van der Waals surface area (Å²) in [5.74, 6) is 0.0653. The molecule has 12 heteroatoms. The molecule has 3 atom stereocenters. The maximum Gasteiger partial charge on any atom is 0.250 e. The summed E-state index contributed by atoms with van der Waals surface area (Å²) in [7, 11) is -3.90. The highest BCUT2D eigenvalue weighted by atomic mass is 35.5. The van der Waals surface area contributed by atoms with Gasteiger partial charge in [-0.3, -0.25) is 9.59 Å². The van der Waals surface area contributed by atoms with Crippen molar-refractivity contribution in [2.45, 2.75) is 68.2 Å². The number of H-pyrrole nitrogens is 1. The molecule has 6 rings (SSSR count). The molecule has 5 heterocycles. The Labute approximate surface area is 271 Å². The maximum atomic E-state index is 13.5. The molecule has 0 saturated carbocycles. The Morgan fingerprint density at radius 3 is 2.66 bits per heavy atom. The normalized spacial score (nSPS) is 20.1. The number of sulfonamides is 1. The first-order valence-electron chi connectivity index (χ1n) is 15.2. The van der Waals surface area contributed by atoms with Crippen molar-refractivity contribution >= 4 is 67.0 Å². The number of fused-ring (bicyclic) bond motifs is 1. The van der Waals surface area contributed by atoms with E-state index in [1.54, 1.807) is 18.2 Å². The van der Waals surface area contributed by atoms with E-state index in [1.165, 1.54) is 27.2 Å². The van der Waals surface area contributed by atoms with Crippen LogP contribution in [-0.2, 0) is 26.0 Å². The number of aryl methyl sites for hydroxylation is 1. The van der Waals surface area contributed by atoms with Crippen molar-refractivity contribution in [1.82, 2.24) is 19.5 Å². The Kier molecular flexibility index (Phi) is 9.49. The molecule has 8 nitrogen and oxygen atoms in total. The van der Waals surface area contributed by atoms with Crippen LogP contribution in [0.5, 0.6) is 0 Å². The summed E-state index contributed by atoms with van der Waals surface area (Å²) in [4.78, 5) is 35.4. The Balaban J connectivity index is 1.03. The van der Waals surface area contributed by atoms with Gasteiger partial charge in [0.05, 0.1) is 10.9 Å². The van der Waals surface area contributed by atoms with E-state index in [0.717, 1.165) is 58.7 Å². The fraction of sp³-hybridized carbons (Fsp3) is 0.438. The third-order valence-electron chi connectivity index (χ3n) is 8.77. The number of halogens is 1. The molecule has 0 spiro atoms. The molecule has 0 radical (unpaired) electrons. The Morgan fingerprint density at radius 1 is 1.07 bits per heavy atom. The van der Waals surface area contributed by atoms with E-state index in [1.807, 2.05) is 17.0 Å². The third kappa shape index (κ3) is 6.92. The second kappa shape index (κ2) is 13.3. The number of amides is 2. The number of nitrogens with zero attached hydrogens (tertiary/aromatic N) is 2. The van der Waals surface area contributed by atoms with Gasteiger partial charge in [0.25, 0.3) is 10.0 Å². The monoisotopic (exact) mass is 672 g/mol. The van der Waals surface area contributed by atoms with Gasteiger partial charge in [0.2, 0.25) is 11.8 Å². The zero-order valence-corrected chi connectivity index (χ0v) is 27.8. The smallest absolute Gasteiger partial charge is 0.250 e. The Bertz CT molecular complexity index is 1750. The molecule has 4 aromatic rings. The molecule has 1 unspecified atom stereocenters.